The summed E-state index contributed by atoms with van der Waals surface area (Å²) in [5.41, 5.74) is 1.01. The highest BCUT2D eigenvalue weighted by molar-refractivity contribution is 7.93. The van der Waals surface area contributed by atoms with Gasteiger partial charge in [0, 0.05) is 18.3 Å². The van der Waals surface area contributed by atoms with Crippen molar-refractivity contribution in [2.45, 2.75) is 38.5 Å². The molecule has 1 aliphatic heterocycles. The van der Waals surface area contributed by atoms with E-state index in [2.05, 4.69) is 10.3 Å². The molecule has 2 heterocycles. The van der Waals surface area contributed by atoms with Crippen LogP contribution < -0.4 is 14.4 Å². The Labute approximate surface area is 177 Å². The van der Waals surface area contributed by atoms with Crippen molar-refractivity contribution in [3.8, 4) is 5.75 Å². The first-order valence-electron chi connectivity index (χ1n) is 10.5. The number of amides is 1. The fourth-order valence-electron chi connectivity index (χ4n) is 4.05. The number of sulfonamides is 1. The Morgan fingerprint density at radius 1 is 1.10 bits per heavy atom. The van der Waals surface area contributed by atoms with Crippen LogP contribution in [0.15, 0.2) is 42.6 Å². The van der Waals surface area contributed by atoms with Crippen molar-refractivity contribution < 1.29 is 17.9 Å². The number of carbonyl (C=O) groups excluding carboxylic acids is 1. The Balaban J connectivity index is 1.41. The number of hydrogen-bond acceptors (Lipinski definition) is 5. The van der Waals surface area contributed by atoms with Crippen LogP contribution in [0.25, 0.3) is 0 Å². The zero-order valence-electron chi connectivity index (χ0n) is 16.9. The fourth-order valence-corrected chi connectivity index (χ4v) is 5.62. The van der Waals surface area contributed by atoms with Crippen LogP contribution in [0.1, 0.15) is 48.9 Å². The van der Waals surface area contributed by atoms with Gasteiger partial charge in [0.25, 0.3) is 5.91 Å². The van der Waals surface area contributed by atoms with Gasteiger partial charge in [0.05, 0.1) is 18.0 Å². The van der Waals surface area contributed by atoms with E-state index in [9.17, 15) is 13.2 Å². The van der Waals surface area contributed by atoms with Crippen LogP contribution >= 0.6 is 0 Å². The lowest BCUT2D eigenvalue weighted by molar-refractivity contribution is 0.102. The summed E-state index contributed by atoms with van der Waals surface area (Å²) in [5, 5.41) is 2.81. The summed E-state index contributed by atoms with van der Waals surface area (Å²) in [4.78, 5) is 17.0. The Morgan fingerprint density at radius 3 is 2.57 bits per heavy atom. The van der Waals surface area contributed by atoms with E-state index in [1.807, 2.05) is 6.07 Å². The molecule has 2 aliphatic rings. The summed E-state index contributed by atoms with van der Waals surface area (Å²) in [6, 6.07) is 10.2. The van der Waals surface area contributed by atoms with Crippen LogP contribution in [0, 0.1) is 5.92 Å². The highest BCUT2D eigenvalue weighted by atomic mass is 32.2. The minimum Gasteiger partial charge on any atom is -0.489 e. The van der Waals surface area contributed by atoms with Crippen molar-refractivity contribution in [2.24, 2.45) is 5.92 Å². The van der Waals surface area contributed by atoms with Gasteiger partial charge in [0.2, 0.25) is 10.0 Å². The van der Waals surface area contributed by atoms with E-state index in [0.717, 1.165) is 0 Å². The molecule has 1 aromatic carbocycles. The number of nitrogens with zero attached hydrogens (tertiary/aromatic N) is 2. The first-order valence-corrected chi connectivity index (χ1v) is 12.1. The molecule has 0 radical (unpaired) electrons. The highest BCUT2D eigenvalue weighted by Gasteiger charge is 2.28. The van der Waals surface area contributed by atoms with Crippen LogP contribution in [0.2, 0.25) is 0 Å². The van der Waals surface area contributed by atoms with E-state index >= 15 is 0 Å². The Kier molecular flexibility index (Phi) is 6.22. The number of pyridine rings is 1. The van der Waals surface area contributed by atoms with E-state index in [1.54, 1.807) is 36.5 Å². The first kappa shape index (κ1) is 20.7. The number of aromatic nitrogens is 1. The number of hydrogen-bond donors (Lipinski definition) is 1. The summed E-state index contributed by atoms with van der Waals surface area (Å²) < 4.78 is 31.5. The van der Waals surface area contributed by atoms with Crippen molar-refractivity contribution in [3.63, 3.8) is 0 Å². The topological polar surface area (TPSA) is 88.6 Å². The number of ether oxygens (including phenoxy) is 1. The zero-order chi connectivity index (χ0) is 21.0. The van der Waals surface area contributed by atoms with Gasteiger partial charge >= 0.3 is 0 Å². The van der Waals surface area contributed by atoms with Gasteiger partial charge in [-0.15, -0.1) is 0 Å². The lowest BCUT2D eigenvalue weighted by Gasteiger charge is -2.22. The maximum Gasteiger partial charge on any atom is 0.256 e. The molecule has 0 spiro atoms. The zero-order valence-corrected chi connectivity index (χ0v) is 17.7. The van der Waals surface area contributed by atoms with Gasteiger partial charge in [0.15, 0.2) is 11.6 Å². The standard InChI is InChI=1S/C22H27N3O4S/c26-22(18-9-11-19(12-10-18)25-14-5-15-30(25,27)28)24-21-20(8-4-13-23-21)29-16-17-6-2-1-3-7-17/h4,8-13,17H,1-3,5-7,14-16H2,(H,23,24,26). The molecule has 2 aromatic rings. The molecular formula is C22H27N3O4S. The minimum absolute atomic E-state index is 0.165. The van der Waals surface area contributed by atoms with Gasteiger partial charge in [-0.05, 0) is 61.6 Å². The van der Waals surface area contributed by atoms with Crippen LogP contribution in [0.4, 0.5) is 11.5 Å². The first-order chi connectivity index (χ1) is 14.5. The predicted molar refractivity (Wildman–Crippen MR) is 116 cm³/mol. The lowest BCUT2D eigenvalue weighted by Crippen LogP contribution is -2.25. The Hall–Kier alpha value is -2.61. The molecule has 1 saturated heterocycles. The van der Waals surface area contributed by atoms with Gasteiger partial charge in [-0.25, -0.2) is 13.4 Å². The average Bonchev–Trinajstić information content (AvgIpc) is 3.13. The van der Waals surface area contributed by atoms with Crippen molar-refractivity contribution in [2.75, 3.05) is 28.5 Å². The predicted octanol–water partition coefficient (Wildman–Crippen LogP) is 3.83. The summed E-state index contributed by atoms with van der Waals surface area (Å²) in [5.74, 6) is 1.36. The molecule has 0 atom stereocenters. The van der Waals surface area contributed by atoms with Crippen LogP contribution in [0.3, 0.4) is 0 Å². The van der Waals surface area contributed by atoms with Gasteiger partial charge < -0.3 is 10.1 Å². The third-order valence-corrected chi connectivity index (χ3v) is 7.59. The smallest absolute Gasteiger partial charge is 0.256 e. The van der Waals surface area contributed by atoms with E-state index in [4.69, 9.17) is 4.74 Å². The molecule has 7 nitrogen and oxygen atoms in total. The SMILES string of the molecule is O=C(Nc1ncccc1OCC1CCCCC1)c1ccc(N2CCCS2(=O)=O)cc1. The van der Waals surface area contributed by atoms with Crippen molar-refractivity contribution in [3.05, 3.63) is 48.2 Å². The summed E-state index contributed by atoms with van der Waals surface area (Å²) in [7, 11) is -3.24. The minimum atomic E-state index is -3.24. The molecular weight excluding hydrogens is 402 g/mol. The molecule has 160 valence electrons. The van der Waals surface area contributed by atoms with Crippen molar-refractivity contribution >= 4 is 27.4 Å². The second-order valence-electron chi connectivity index (χ2n) is 7.91. The number of benzene rings is 1. The third kappa shape index (κ3) is 4.75. The molecule has 1 aliphatic carbocycles. The Bertz CT molecular complexity index is 986. The second-order valence-corrected chi connectivity index (χ2v) is 9.92. The van der Waals surface area contributed by atoms with Gasteiger partial charge in [-0.2, -0.15) is 0 Å². The molecule has 8 heteroatoms. The Morgan fingerprint density at radius 2 is 1.87 bits per heavy atom. The summed E-state index contributed by atoms with van der Waals surface area (Å²) in [6.07, 6.45) is 8.40. The largest absolute Gasteiger partial charge is 0.489 e. The second kappa shape index (κ2) is 9.04. The molecule has 1 saturated carbocycles. The molecule has 4 rings (SSSR count). The van der Waals surface area contributed by atoms with Crippen LogP contribution in [-0.2, 0) is 10.0 Å². The van der Waals surface area contributed by atoms with Gasteiger partial charge in [0.1, 0.15) is 0 Å². The van der Waals surface area contributed by atoms with Crippen molar-refractivity contribution in [1.29, 1.82) is 0 Å². The maximum absolute atomic E-state index is 12.7. The van der Waals surface area contributed by atoms with Crippen LogP contribution in [-0.4, -0.2) is 38.2 Å². The lowest BCUT2D eigenvalue weighted by atomic mass is 9.90. The van der Waals surface area contributed by atoms with Gasteiger partial charge in [-0.1, -0.05) is 19.3 Å². The molecule has 1 aromatic heterocycles. The molecule has 2 fully saturated rings. The van der Waals surface area contributed by atoms with Crippen LogP contribution in [0.5, 0.6) is 5.75 Å². The molecule has 1 amide bonds. The summed E-state index contributed by atoms with van der Waals surface area (Å²) in [6.45, 7) is 1.11. The van der Waals surface area contributed by atoms with Crippen molar-refractivity contribution in [1.82, 2.24) is 4.98 Å². The highest BCUT2D eigenvalue weighted by Crippen LogP contribution is 2.28. The molecule has 30 heavy (non-hydrogen) atoms. The third-order valence-electron chi connectivity index (χ3n) is 5.72. The summed E-state index contributed by atoms with van der Waals surface area (Å²) >= 11 is 0. The van der Waals surface area contributed by atoms with E-state index in [0.29, 0.717) is 48.3 Å². The number of nitrogens with one attached hydrogen (secondary N) is 1. The molecule has 1 N–H and O–H groups in total. The number of carbonyl (C=O) groups is 1. The van der Waals surface area contributed by atoms with E-state index in [1.165, 1.54) is 36.4 Å². The maximum atomic E-state index is 12.7. The normalized spacial score (nSPS) is 18.9. The van der Waals surface area contributed by atoms with Gasteiger partial charge in [-0.3, -0.25) is 9.10 Å². The molecule has 0 bridgehead atoms. The van der Waals surface area contributed by atoms with E-state index in [-0.39, 0.29) is 11.7 Å². The monoisotopic (exact) mass is 429 g/mol. The number of rotatable bonds is 6. The fraction of sp³-hybridized carbons (Fsp3) is 0.455. The van der Waals surface area contributed by atoms with E-state index < -0.39 is 10.0 Å². The average molecular weight is 430 g/mol. The molecule has 0 unspecified atom stereocenters. The number of anilines is 2. The quantitative estimate of drug-likeness (QED) is 0.754.